The quantitative estimate of drug-likeness (QED) is 0.671. The summed E-state index contributed by atoms with van der Waals surface area (Å²) in [7, 11) is 0. The first-order valence-corrected chi connectivity index (χ1v) is 8.52. The van der Waals surface area contributed by atoms with Gasteiger partial charge < -0.3 is 14.3 Å². The molecule has 1 heterocycles. The number of halogens is 1. The lowest BCUT2D eigenvalue weighted by Gasteiger charge is -2.15. The van der Waals surface area contributed by atoms with Crippen molar-refractivity contribution in [3.63, 3.8) is 0 Å². The van der Waals surface area contributed by atoms with Crippen LogP contribution in [0.1, 0.15) is 36.6 Å². The molecule has 0 amide bonds. The monoisotopic (exact) mass is 370 g/mol. The van der Waals surface area contributed by atoms with Gasteiger partial charge in [0.25, 0.3) is 0 Å². The van der Waals surface area contributed by atoms with Crippen molar-refractivity contribution in [2.24, 2.45) is 0 Å². The maximum Gasteiger partial charge on any atom is 0.304 e. The molecule has 6 nitrogen and oxygen atoms in total. The number of aromatic nitrogens is 2. The van der Waals surface area contributed by atoms with Crippen molar-refractivity contribution in [3.05, 3.63) is 65.6 Å². The number of ether oxygens (including phenoxy) is 1. The van der Waals surface area contributed by atoms with Crippen molar-refractivity contribution in [1.29, 1.82) is 0 Å². The zero-order chi connectivity index (χ0) is 19.4. The molecule has 0 fully saturated rings. The highest BCUT2D eigenvalue weighted by molar-refractivity contribution is 5.72. The Labute approximate surface area is 155 Å². The Morgan fingerprint density at radius 1 is 1.26 bits per heavy atom. The van der Waals surface area contributed by atoms with Crippen LogP contribution in [0.25, 0.3) is 11.1 Å². The second kappa shape index (κ2) is 7.99. The van der Waals surface area contributed by atoms with Gasteiger partial charge in [0.05, 0.1) is 18.9 Å². The van der Waals surface area contributed by atoms with Crippen LogP contribution in [-0.4, -0.2) is 27.9 Å². The van der Waals surface area contributed by atoms with Gasteiger partial charge in [-0.05, 0) is 42.3 Å². The number of carboxylic acid groups (broad SMARTS) is 1. The van der Waals surface area contributed by atoms with Crippen LogP contribution in [0, 0.1) is 12.7 Å². The molecule has 140 valence electrons. The first-order valence-electron chi connectivity index (χ1n) is 8.52. The van der Waals surface area contributed by atoms with Crippen molar-refractivity contribution < 1.29 is 23.4 Å². The SMILES string of the molecule is CCOc1ccccc1-c1cc(F)cc(C(CC(=O)O)c2nnc(C)o2)c1. The summed E-state index contributed by atoms with van der Waals surface area (Å²) >= 11 is 0. The molecule has 7 heteroatoms. The normalized spacial score (nSPS) is 12.0. The number of carbonyl (C=O) groups is 1. The largest absolute Gasteiger partial charge is 0.493 e. The van der Waals surface area contributed by atoms with Gasteiger partial charge in [0.15, 0.2) is 0 Å². The molecule has 3 rings (SSSR count). The van der Waals surface area contributed by atoms with Gasteiger partial charge >= 0.3 is 5.97 Å². The lowest BCUT2D eigenvalue weighted by atomic mass is 9.92. The predicted octanol–water partition coefficient (Wildman–Crippen LogP) is 4.19. The third-order valence-electron chi connectivity index (χ3n) is 4.04. The molecule has 0 radical (unpaired) electrons. The number of hydrogen-bond donors (Lipinski definition) is 1. The van der Waals surface area contributed by atoms with E-state index in [0.29, 0.717) is 29.4 Å². The highest BCUT2D eigenvalue weighted by Gasteiger charge is 2.25. The molecule has 1 aromatic heterocycles. The van der Waals surface area contributed by atoms with Crippen LogP contribution in [0.4, 0.5) is 4.39 Å². The highest BCUT2D eigenvalue weighted by Crippen LogP contribution is 2.35. The Bertz CT molecular complexity index is 955. The van der Waals surface area contributed by atoms with Crippen molar-refractivity contribution >= 4 is 5.97 Å². The van der Waals surface area contributed by atoms with Gasteiger partial charge in [-0.15, -0.1) is 10.2 Å². The minimum absolute atomic E-state index is 0.143. The Morgan fingerprint density at radius 3 is 2.70 bits per heavy atom. The van der Waals surface area contributed by atoms with Crippen LogP contribution in [0.5, 0.6) is 5.75 Å². The topological polar surface area (TPSA) is 85.5 Å². The lowest BCUT2D eigenvalue weighted by Crippen LogP contribution is -2.09. The van der Waals surface area contributed by atoms with E-state index in [-0.39, 0.29) is 12.3 Å². The second-order valence-electron chi connectivity index (χ2n) is 6.01. The van der Waals surface area contributed by atoms with Crippen LogP contribution >= 0.6 is 0 Å². The fraction of sp³-hybridized carbons (Fsp3) is 0.250. The molecule has 0 bridgehead atoms. The molecule has 0 aliphatic heterocycles. The maximum absolute atomic E-state index is 14.4. The van der Waals surface area contributed by atoms with Crippen LogP contribution in [0.2, 0.25) is 0 Å². The van der Waals surface area contributed by atoms with Crippen LogP contribution in [-0.2, 0) is 4.79 Å². The summed E-state index contributed by atoms with van der Waals surface area (Å²) in [5.74, 6) is -1.20. The van der Waals surface area contributed by atoms with Crippen molar-refractivity contribution in [2.75, 3.05) is 6.61 Å². The molecule has 0 saturated carbocycles. The first-order chi connectivity index (χ1) is 13.0. The molecule has 1 N–H and O–H groups in total. The van der Waals surface area contributed by atoms with Gasteiger partial charge in [-0.25, -0.2) is 4.39 Å². The van der Waals surface area contributed by atoms with E-state index in [0.717, 1.165) is 5.56 Å². The van der Waals surface area contributed by atoms with Gasteiger partial charge in [-0.2, -0.15) is 0 Å². The van der Waals surface area contributed by atoms with Crippen LogP contribution in [0.15, 0.2) is 46.9 Å². The fourth-order valence-electron chi connectivity index (χ4n) is 2.93. The Hall–Kier alpha value is -3.22. The molecule has 0 aliphatic carbocycles. The Kier molecular flexibility index (Phi) is 5.49. The van der Waals surface area contributed by atoms with E-state index in [1.54, 1.807) is 19.1 Å². The average molecular weight is 370 g/mol. The zero-order valence-electron chi connectivity index (χ0n) is 15.0. The summed E-state index contributed by atoms with van der Waals surface area (Å²) < 4.78 is 25.4. The molecule has 3 aromatic rings. The fourth-order valence-corrected chi connectivity index (χ4v) is 2.93. The van der Waals surface area contributed by atoms with E-state index in [4.69, 9.17) is 9.15 Å². The average Bonchev–Trinajstić information content (AvgIpc) is 3.06. The minimum Gasteiger partial charge on any atom is -0.493 e. The molecule has 27 heavy (non-hydrogen) atoms. The second-order valence-corrected chi connectivity index (χ2v) is 6.01. The van der Waals surface area contributed by atoms with Crippen LogP contribution < -0.4 is 4.74 Å². The number of rotatable bonds is 7. The number of aliphatic carboxylic acids is 1. The van der Waals surface area contributed by atoms with Crippen molar-refractivity contribution in [1.82, 2.24) is 10.2 Å². The van der Waals surface area contributed by atoms with Gasteiger partial charge in [-0.1, -0.05) is 18.2 Å². The zero-order valence-corrected chi connectivity index (χ0v) is 15.0. The van der Waals surface area contributed by atoms with Crippen molar-refractivity contribution in [3.8, 4) is 16.9 Å². The molecular weight excluding hydrogens is 351 g/mol. The Balaban J connectivity index is 2.09. The summed E-state index contributed by atoms with van der Waals surface area (Å²) in [5.41, 5.74) is 1.75. The highest BCUT2D eigenvalue weighted by atomic mass is 19.1. The summed E-state index contributed by atoms with van der Waals surface area (Å²) in [5, 5.41) is 17.0. The number of aryl methyl sites for hydroxylation is 1. The summed E-state index contributed by atoms with van der Waals surface area (Å²) in [6.45, 7) is 3.96. The Morgan fingerprint density at radius 2 is 2.04 bits per heavy atom. The number of nitrogens with zero attached hydrogens (tertiary/aromatic N) is 2. The molecular formula is C20H19FN2O4. The molecule has 1 atom stereocenters. The van der Waals surface area contributed by atoms with Gasteiger partial charge in [0.1, 0.15) is 11.6 Å². The first kappa shape index (κ1) is 18.6. The summed E-state index contributed by atoms with van der Waals surface area (Å²) in [4.78, 5) is 11.3. The summed E-state index contributed by atoms with van der Waals surface area (Å²) in [6.07, 6.45) is -0.294. The van der Waals surface area contributed by atoms with Gasteiger partial charge in [0.2, 0.25) is 11.8 Å². The molecule has 0 aliphatic rings. The third-order valence-corrected chi connectivity index (χ3v) is 4.04. The van der Waals surface area contributed by atoms with E-state index < -0.39 is 17.7 Å². The maximum atomic E-state index is 14.4. The number of benzene rings is 2. The number of hydrogen-bond acceptors (Lipinski definition) is 5. The third kappa shape index (κ3) is 4.31. The molecule has 0 saturated heterocycles. The van der Waals surface area contributed by atoms with E-state index in [2.05, 4.69) is 10.2 Å². The van der Waals surface area contributed by atoms with Gasteiger partial charge in [-0.3, -0.25) is 4.79 Å². The van der Waals surface area contributed by atoms with E-state index in [9.17, 15) is 14.3 Å². The van der Waals surface area contributed by atoms with E-state index in [1.807, 2.05) is 25.1 Å². The van der Waals surface area contributed by atoms with Crippen LogP contribution in [0.3, 0.4) is 0 Å². The molecule has 1 unspecified atom stereocenters. The number of carboxylic acids is 1. The molecule has 0 spiro atoms. The van der Waals surface area contributed by atoms with Crippen molar-refractivity contribution in [2.45, 2.75) is 26.2 Å². The molecule has 2 aromatic carbocycles. The van der Waals surface area contributed by atoms with E-state index in [1.165, 1.54) is 12.1 Å². The minimum atomic E-state index is -1.05. The number of para-hydroxylation sites is 1. The summed E-state index contributed by atoms with van der Waals surface area (Å²) in [6, 6.07) is 11.7. The smallest absolute Gasteiger partial charge is 0.304 e. The van der Waals surface area contributed by atoms with Gasteiger partial charge in [0, 0.05) is 12.5 Å². The standard InChI is InChI=1S/C20H19FN2O4/c1-3-26-18-7-5-4-6-16(18)13-8-14(10-15(21)9-13)17(11-19(24)25)20-23-22-12(2)27-20/h4-10,17H,3,11H2,1-2H3,(H,24,25). The lowest BCUT2D eigenvalue weighted by molar-refractivity contribution is -0.137. The van der Waals surface area contributed by atoms with E-state index >= 15 is 0 Å². The predicted molar refractivity (Wildman–Crippen MR) is 96.1 cm³/mol.